The molecule has 12 heteroatoms. The second kappa shape index (κ2) is 10.7. The van der Waals surface area contributed by atoms with Crippen LogP contribution in [0.4, 0.5) is 18.9 Å². The SMILES string of the molecule is COc1cc([C@H]2c3sc(=O)[nH]c3SC3C(=O)N(c4cccc(C(F)(F)F)c4)C(=O)C32)ccc1OCc1cccc(C)c1. The van der Waals surface area contributed by atoms with Crippen LogP contribution in [0, 0.1) is 12.8 Å². The molecule has 0 spiro atoms. The minimum absolute atomic E-state index is 0.150. The highest BCUT2D eigenvalue weighted by Crippen LogP contribution is 2.54. The summed E-state index contributed by atoms with van der Waals surface area (Å²) in [6, 6.07) is 17.2. The number of thioether (sulfide) groups is 1. The Kier molecular flexibility index (Phi) is 7.14. The largest absolute Gasteiger partial charge is 0.493 e. The number of benzene rings is 3. The number of anilines is 1. The Morgan fingerprint density at radius 2 is 1.74 bits per heavy atom. The van der Waals surface area contributed by atoms with Gasteiger partial charge in [-0.1, -0.05) is 65.1 Å². The molecule has 1 N–H and O–H groups in total. The molecule has 6 rings (SSSR count). The first kappa shape index (κ1) is 28.1. The van der Waals surface area contributed by atoms with E-state index in [0.717, 1.165) is 51.3 Å². The number of aryl methyl sites for hydroxylation is 1. The van der Waals surface area contributed by atoms with Crippen LogP contribution in [-0.2, 0) is 22.4 Å². The summed E-state index contributed by atoms with van der Waals surface area (Å²) in [5, 5.41) is -0.486. The maximum absolute atomic E-state index is 13.9. The number of carbonyl (C=O) groups is 2. The summed E-state index contributed by atoms with van der Waals surface area (Å²) in [5.41, 5.74) is 1.56. The molecule has 0 saturated carbocycles. The van der Waals surface area contributed by atoms with Gasteiger partial charge in [0, 0.05) is 10.8 Å². The zero-order chi connectivity index (χ0) is 29.8. The predicted molar refractivity (Wildman–Crippen MR) is 152 cm³/mol. The average Bonchev–Trinajstić information content (AvgIpc) is 3.45. The standard InChI is InChI=1S/C30H23F3N2O5S2/c1-15-5-3-6-16(11-15)14-40-20-10-9-17(12-21(20)39-2)22-23-25(41-26-24(22)42-29(38)34-26)28(37)35(27(23)36)19-8-4-7-18(13-19)30(31,32)33/h3-13,22-23,25H,14H2,1-2H3,(H,34,38)/t22-,23?,25?/m1/s1. The monoisotopic (exact) mass is 612 g/mol. The number of hydrogen-bond acceptors (Lipinski definition) is 7. The van der Waals surface area contributed by atoms with Gasteiger partial charge in [0.15, 0.2) is 11.5 Å². The Morgan fingerprint density at radius 3 is 2.48 bits per heavy atom. The first-order valence-electron chi connectivity index (χ1n) is 12.9. The summed E-state index contributed by atoms with van der Waals surface area (Å²) in [6.45, 7) is 2.28. The summed E-state index contributed by atoms with van der Waals surface area (Å²) < 4.78 is 51.9. The smallest absolute Gasteiger partial charge is 0.416 e. The van der Waals surface area contributed by atoms with Crippen molar-refractivity contribution in [3.63, 3.8) is 0 Å². The number of ether oxygens (including phenoxy) is 2. The van der Waals surface area contributed by atoms with Gasteiger partial charge >= 0.3 is 11.0 Å². The van der Waals surface area contributed by atoms with Crippen molar-refractivity contribution in [3.8, 4) is 11.5 Å². The van der Waals surface area contributed by atoms with Gasteiger partial charge in [-0.05, 0) is 48.4 Å². The Labute approximate surface area is 246 Å². The number of aromatic amines is 1. The van der Waals surface area contributed by atoms with Crippen LogP contribution in [0.15, 0.2) is 76.6 Å². The van der Waals surface area contributed by atoms with Crippen molar-refractivity contribution in [1.29, 1.82) is 0 Å². The number of thiazole rings is 1. The van der Waals surface area contributed by atoms with E-state index in [4.69, 9.17) is 9.47 Å². The average molecular weight is 613 g/mol. The number of nitrogens with one attached hydrogen (secondary N) is 1. The van der Waals surface area contributed by atoms with Crippen LogP contribution in [0.3, 0.4) is 0 Å². The van der Waals surface area contributed by atoms with Crippen LogP contribution in [0.25, 0.3) is 0 Å². The van der Waals surface area contributed by atoms with E-state index >= 15 is 0 Å². The topological polar surface area (TPSA) is 88.7 Å². The quantitative estimate of drug-likeness (QED) is 0.263. The van der Waals surface area contributed by atoms with Gasteiger partial charge in [-0.2, -0.15) is 13.2 Å². The number of carbonyl (C=O) groups excluding carboxylic acids is 2. The van der Waals surface area contributed by atoms with Crippen LogP contribution >= 0.6 is 23.1 Å². The third kappa shape index (κ3) is 4.98. The van der Waals surface area contributed by atoms with E-state index in [2.05, 4.69) is 4.98 Å². The summed E-state index contributed by atoms with van der Waals surface area (Å²) in [5.74, 6) is -2.09. The van der Waals surface area contributed by atoms with Crippen molar-refractivity contribution in [2.45, 2.75) is 35.9 Å². The predicted octanol–water partition coefficient (Wildman–Crippen LogP) is 6.15. The van der Waals surface area contributed by atoms with E-state index in [1.54, 1.807) is 18.2 Å². The molecule has 4 aromatic rings. The van der Waals surface area contributed by atoms with Crippen molar-refractivity contribution in [3.05, 3.63) is 104 Å². The van der Waals surface area contributed by atoms with Gasteiger partial charge < -0.3 is 14.5 Å². The lowest BCUT2D eigenvalue weighted by Crippen LogP contribution is -2.32. The number of methoxy groups -OCH3 is 1. The molecule has 3 atom stereocenters. The number of aromatic nitrogens is 1. The second-order valence-corrected chi connectivity index (χ2v) is 12.2. The molecule has 0 bridgehead atoms. The van der Waals surface area contributed by atoms with Crippen LogP contribution < -0.4 is 19.2 Å². The third-order valence-electron chi connectivity index (χ3n) is 7.28. The van der Waals surface area contributed by atoms with Crippen molar-refractivity contribution in [2.75, 3.05) is 12.0 Å². The van der Waals surface area contributed by atoms with Gasteiger partial charge in [0.2, 0.25) is 11.8 Å². The van der Waals surface area contributed by atoms with Gasteiger partial charge in [-0.25, -0.2) is 4.90 Å². The fourth-order valence-corrected chi connectivity index (χ4v) is 7.93. The summed E-state index contributed by atoms with van der Waals surface area (Å²) >= 11 is 1.99. The van der Waals surface area contributed by atoms with Gasteiger partial charge in [-0.3, -0.25) is 14.4 Å². The number of rotatable bonds is 6. The van der Waals surface area contributed by atoms with E-state index in [9.17, 15) is 27.6 Å². The fraction of sp³-hybridized carbons (Fsp3) is 0.233. The number of halogens is 3. The summed E-state index contributed by atoms with van der Waals surface area (Å²) in [7, 11) is 1.48. The highest BCUT2D eigenvalue weighted by molar-refractivity contribution is 8.00. The maximum atomic E-state index is 13.9. The maximum Gasteiger partial charge on any atom is 0.416 e. The molecular weight excluding hydrogens is 589 g/mol. The molecule has 0 radical (unpaired) electrons. The third-order valence-corrected chi connectivity index (χ3v) is 9.68. The minimum Gasteiger partial charge on any atom is -0.493 e. The van der Waals surface area contributed by atoms with Gasteiger partial charge in [0.05, 0.1) is 29.3 Å². The molecule has 3 heterocycles. The van der Waals surface area contributed by atoms with E-state index in [1.165, 1.54) is 19.2 Å². The number of fused-ring (bicyclic) bond motifs is 2. The van der Waals surface area contributed by atoms with Crippen molar-refractivity contribution < 1.29 is 32.2 Å². The van der Waals surface area contributed by atoms with Crippen LogP contribution in [-0.4, -0.2) is 29.2 Å². The first-order valence-corrected chi connectivity index (χ1v) is 14.6. The van der Waals surface area contributed by atoms with E-state index in [0.29, 0.717) is 33.6 Å². The van der Waals surface area contributed by atoms with Crippen LogP contribution in [0.5, 0.6) is 11.5 Å². The Balaban J connectivity index is 1.38. The van der Waals surface area contributed by atoms with Gasteiger partial charge in [0.25, 0.3) is 0 Å². The van der Waals surface area contributed by atoms with Crippen molar-refractivity contribution in [2.24, 2.45) is 5.92 Å². The van der Waals surface area contributed by atoms with Crippen LogP contribution in [0.1, 0.15) is 33.0 Å². The fourth-order valence-electron chi connectivity index (χ4n) is 5.41. The number of amides is 2. The van der Waals surface area contributed by atoms with Crippen LogP contribution in [0.2, 0.25) is 0 Å². The lowest BCUT2D eigenvalue weighted by molar-refractivity contribution is -0.137. The molecular formula is C30H23F3N2O5S2. The molecule has 2 unspecified atom stereocenters. The Bertz CT molecular complexity index is 1770. The van der Waals surface area contributed by atoms with E-state index in [1.807, 2.05) is 31.2 Å². The second-order valence-electron chi connectivity index (χ2n) is 10.00. The lowest BCUT2D eigenvalue weighted by atomic mass is 9.83. The number of hydrogen-bond donors (Lipinski definition) is 1. The van der Waals surface area contributed by atoms with Gasteiger partial charge in [-0.15, -0.1) is 0 Å². The summed E-state index contributed by atoms with van der Waals surface area (Å²) in [6.07, 6.45) is -4.64. The number of alkyl halides is 3. The first-order chi connectivity index (χ1) is 20.0. The zero-order valence-corrected chi connectivity index (χ0v) is 23.9. The molecule has 1 aromatic heterocycles. The molecule has 7 nitrogen and oxygen atoms in total. The molecule has 2 aliphatic rings. The summed E-state index contributed by atoms with van der Waals surface area (Å²) in [4.78, 5) is 43.7. The number of imide groups is 1. The zero-order valence-electron chi connectivity index (χ0n) is 22.2. The Hall–Kier alpha value is -4.03. The molecule has 1 saturated heterocycles. The molecule has 1 fully saturated rings. The minimum atomic E-state index is -4.64. The van der Waals surface area contributed by atoms with E-state index in [-0.39, 0.29) is 10.6 Å². The molecule has 2 aliphatic heterocycles. The van der Waals surface area contributed by atoms with Gasteiger partial charge in [0.1, 0.15) is 11.9 Å². The van der Waals surface area contributed by atoms with E-state index < -0.39 is 40.6 Å². The van der Waals surface area contributed by atoms with Crippen molar-refractivity contribution in [1.82, 2.24) is 4.98 Å². The lowest BCUT2D eigenvalue weighted by Gasteiger charge is -2.30. The number of nitrogens with zero attached hydrogens (tertiary/aromatic N) is 1. The highest BCUT2D eigenvalue weighted by Gasteiger charge is 2.56. The number of H-pyrrole nitrogens is 1. The molecule has 2 amide bonds. The molecule has 3 aromatic carbocycles. The molecule has 216 valence electrons. The molecule has 42 heavy (non-hydrogen) atoms. The molecule has 0 aliphatic carbocycles. The Morgan fingerprint density at radius 1 is 0.952 bits per heavy atom. The highest BCUT2D eigenvalue weighted by atomic mass is 32.2. The normalized spacial score (nSPS) is 19.9. The van der Waals surface area contributed by atoms with Crippen molar-refractivity contribution >= 4 is 40.6 Å².